The van der Waals surface area contributed by atoms with Crippen LogP contribution < -0.4 is 0 Å². The van der Waals surface area contributed by atoms with Gasteiger partial charge in [0.05, 0.1) is 11.5 Å². The van der Waals surface area contributed by atoms with Crippen LogP contribution in [0.5, 0.6) is 0 Å². The molecule has 72 valence electrons. The van der Waals surface area contributed by atoms with Crippen LogP contribution in [0, 0.1) is 10.1 Å². The Morgan fingerprint density at radius 1 is 1.64 bits per heavy atom. The molecule has 0 saturated carbocycles. The van der Waals surface area contributed by atoms with Gasteiger partial charge in [-0.25, -0.2) is 0 Å². The summed E-state index contributed by atoms with van der Waals surface area (Å²) in [5.41, 5.74) is 8.68. The molecule has 0 atom stereocenters. The van der Waals surface area contributed by atoms with E-state index in [1.54, 1.807) is 6.07 Å². The van der Waals surface area contributed by atoms with Gasteiger partial charge in [-0.15, -0.1) is 0 Å². The summed E-state index contributed by atoms with van der Waals surface area (Å²) in [6.07, 6.45) is 0. The van der Waals surface area contributed by atoms with Gasteiger partial charge < -0.3 is 0 Å². The zero-order valence-electron chi connectivity index (χ0n) is 6.92. The van der Waals surface area contributed by atoms with Gasteiger partial charge in [0.15, 0.2) is 0 Å². The molecule has 0 bridgehead atoms. The van der Waals surface area contributed by atoms with Crippen molar-refractivity contribution in [2.45, 2.75) is 6.54 Å². The highest BCUT2D eigenvalue weighted by Gasteiger charge is 2.08. The molecule has 0 spiro atoms. The second kappa shape index (κ2) is 4.59. The van der Waals surface area contributed by atoms with Crippen LogP contribution >= 0.6 is 15.9 Å². The highest BCUT2D eigenvalue weighted by atomic mass is 79.9. The summed E-state index contributed by atoms with van der Waals surface area (Å²) in [7, 11) is 0. The Balaban J connectivity index is 3.07. The summed E-state index contributed by atoms with van der Waals surface area (Å²) in [4.78, 5) is 12.5. The van der Waals surface area contributed by atoms with Crippen LogP contribution in [0.4, 0.5) is 5.69 Å². The third kappa shape index (κ3) is 2.45. The molecule has 0 saturated heterocycles. The molecule has 0 radical (unpaired) electrons. The largest absolute Gasteiger partial charge is 0.269 e. The van der Waals surface area contributed by atoms with Crippen LogP contribution in [0.15, 0.2) is 27.8 Å². The van der Waals surface area contributed by atoms with Crippen LogP contribution in [0.1, 0.15) is 5.56 Å². The van der Waals surface area contributed by atoms with E-state index in [4.69, 9.17) is 5.53 Å². The van der Waals surface area contributed by atoms with Gasteiger partial charge in [0.2, 0.25) is 0 Å². The number of benzene rings is 1. The Kier molecular flexibility index (Phi) is 3.44. The predicted octanol–water partition coefficient (Wildman–Crippen LogP) is 3.17. The van der Waals surface area contributed by atoms with E-state index in [-0.39, 0.29) is 12.2 Å². The smallest absolute Gasteiger partial charge is 0.258 e. The van der Waals surface area contributed by atoms with E-state index in [1.165, 1.54) is 12.1 Å². The van der Waals surface area contributed by atoms with E-state index < -0.39 is 4.92 Å². The quantitative estimate of drug-likeness (QED) is 0.273. The van der Waals surface area contributed by atoms with Gasteiger partial charge >= 0.3 is 0 Å². The number of rotatable bonds is 3. The number of azide groups is 1. The van der Waals surface area contributed by atoms with Crippen LogP contribution in [0.25, 0.3) is 10.4 Å². The number of nitro benzene ring substituents is 1. The van der Waals surface area contributed by atoms with Crippen molar-refractivity contribution in [3.05, 3.63) is 48.8 Å². The molecular weight excluding hydrogens is 252 g/mol. The molecule has 0 heterocycles. The van der Waals surface area contributed by atoms with Crippen LogP contribution in [0.3, 0.4) is 0 Å². The molecule has 0 N–H and O–H groups in total. The Morgan fingerprint density at radius 3 is 2.93 bits per heavy atom. The summed E-state index contributed by atoms with van der Waals surface area (Å²) in [6.45, 7) is 0.0960. The van der Waals surface area contributed by atoms with Gasteiger partial charge in [-0.05, 0) is 17.2 Å². The van der Waals surface area contributed by atoms with Gasteiger partial charge in [0.25, 0.3) is 5.69 Å². The molecule has 0 aliphatic heterocycles. The van der Waals surface area contributed by atoms with Crippen molar-refractivity contribution in [2.75, 3.05) is 0 Å². The maximum Gasteiger partial charge on any atom is 0.269 e. The lowest BCUT2D eigenvalue weighted by atomic mass is 10.2. The first-order valence-electron chi connectivity index (χ1n) is 3.59. The molecule has 0 amide bonds. The minimum Gasteiger partial charge on any atom is -0.258 e. The monoisotopic (exact) mass is 256 g/mol. The number of hydrogen-bond donors (Lipinski definition) is 0. The van der Waals surface area contributed by atoms with Crippen molar-refractivity contribution in [1.82, 2.24) is 0 Å². The molecule has 6 nitrogen and oxygen atoms in total. The fraction of sp³-hybridized carbons (Fsp3) is 0.143. The molecule has 1 aromatic carbocycles. The van der Waals surface area contributed by atoms with Crippen LogP contribution in [-0.4, -0.2) is 4.92 Å². The van der Waals surface area contributed by atoms with Gasteiger partial charge in [0, 0.05) is 21.5 Å². The summed E-state index contributed by atoms with van der Waals surface area (Å²) >= 11 is 3.20. The molecule has 1 aromatic rings. The standard InChI is InChI=1S/C7H5BrN4O2/c8-7-2-1-6(12(13)14)3-5(7)4-10-11-9/h1-3H,4H2. The van der Waals surface area contributed by atoms with E-state index >= 15 is 0 Å². The van der Waals surface area contributed by atoms with Gasteiger partial charge in [-0.1, -0.05) is 21.0 Å². The number of non-ortho nitro benzene ring substituents is 1. The highest BCUT2D eigenvalue weighted by molar-refractivity contribution is 9.10. The van der Waals surface area contributed by atoms with Crippen LogP contribution in [-0.2, 0) is 6.54 Å². The summed E-state index contributed by atoms with van der Waals surface area (Å²) in [5.74, 6) is 0. The maximum absolute atomic E-state index is 10.4. The number of nitrogens with zero attached hydrogens (tertiary/aromatic N) is 4. The fourth-order valence-electron chi connectivity index (χ4n) is 0.904. The minimum atomic E-state index is -0.494. The van der Waals surface area contributed by atoms with Crippen molar-refractivity contribution in [3.63, 3.8) is 0 Å². The average Bonchev–Trinajstić information content (AvgIpc) is 2.16. The van der Waals surface area contributed by atoms with Crippen LogP contribution in [0.2, 0.25) is 0 Å². The lowest BCUT2D eigenvalue weighted by molar-refractivity contribution is -0.384. The molecule has 0 aliphatic carbocycles. The Labute approximate surface area is 87.5 Å². The minimum absolute atomic E-state index is 0.0173. The van der Waals surface area contributed by atoms with Crippen molar-refractivity contribution in [3.8, 4) is 0 Å². The summed E-state index contributed by atoms with van der Waals surface area (Å²) < 4.78 is 0.690. The van der Waals surface area contributed by atoms with Gasteiger partial charge in [-0.2, -0.15) is 0 Å². The number of halogens is 1. The second-order valence-electron chi connectivity index (χ2n) is 2.42. The van der Waals surface area contributed by atoms with E-state index in [1.807, 2.05) is 0 Å². The molecule has 0 unspecified atom stereocenters. The highest BCUT2D eigenvalue weighted by Crippen LogP contribution is 2.23. The van der Waals surface area contributed by atoms with Crippen molar-refractivity contribution in [2.24, 2.45) is 5.11 Å². The summed E-state index contributed by atoms with van der Waals surface area (Å²) in [6, 6.07) is 4.31. The maximum atomic E-state index is 10.4. The first-order valence-corrected chi connectivity index (χ1v) is 4.38. The van der Waals surface area contributed by atoms with Crippen molar-refractivity contribution < 1.29 is 4.92 Å². The second-order valence-corrected chi connectivity index (χ2v) is 3.28. The zero-order chi connectivity index (χ0) is 10.6. The SMILES string of the molecule is [N-]=[N+]=NCc1cc([N+](=O)[O-])ccc1Br. The Hall–Kier alpha value is -1.59. The first-order chi connectivity index (χ1) is 6.65. The van der Waals surface area contributed by atoms with Gasteiger partial charge in [-0.3, -0.25) is 10.1 Å². The third-order valence-electron chi connectivity index (χ3n) is 1.54. The topological polar surface area (TPSA) is 91.9 Å². The molecule has 0 fully saturated rings. The van der Waals surface area contributed by atoms with Gasteiger partial charge in [0.1, 0.15) is 0 Å². The first kappa shape index (κ1) is 10.5. The lowest BCUT2D eigenvalue weighted by Crippen LogP contribution is -1.90. The fourth-order valence-corrected chi connectivity index (χ4v) is 1.28. The van der Waals surface area contributed by atoms with Crippen molar-refractivity contribution >= 4 is 21.6 Å². The molecule has 0 aliphatic rings. The lowest BCUT2D eigenvalue weighted by Gasteiger charge is -1.99. The van der Waals surface area contributed by atoms with E-state index in [2.05, 4.69) is 26.0 Å². The molecule has 14 heavy (non-hydrogen) atoms. The number of nitro groups is 1. The predicted molar refractivity (Wildman–Crippen MR) is 53.6 cm³/mol. The molecule has 1 rings (SSSR count). The summed E-state index contributed by atoms with van der Waals surface area (Å²) in [5, 5.41) is 13.8. The molecule has 0 aromatic heterocycles. The average molecular weight is 257 g/mol. The Bertz CT molecular complexity index is 414. The van der Waals surface area contributed by atoms with E-state index in [0.717, 1.165) is 0 Å². The Morgan fingerprint density at radius 2 is 2.36 bits per heavy atom. The zero-order valence-corrected chi connectivity index (χ0v) is 8.51. The third-order valence-corrected chi connectivity index (χ3v) is 2.32. The normalized spacial score (nSPS) is 9.21. The van der Waals surface area contributed by atoms with Crippen molar-refractivity contribution in [1.29, 1.82) is 0 Å². The molecular formula is C7H5BrN4O2. The molecule has 7 heteroatoms. The number of hydrogen-bond acceptors (Lipinski definition) is 3. The van der Waals surface area contributed by atoms with E-state index in [9.17, 15) is 10.1 Å². The van der Waals surface area contributed by atoms with E-state index in [0.29, 0.717) is 10.0 Å².